The van der Waals surface area contributed by atoms with Crippen molar-refractivity contribution in [3.8, 4) is 11.5 Å². The van der Waals surface area contributed by atoms with Gasteiger partial charge in [0.2, 0.25) is 6.79 Å². The molecular weight excluding hydrogens is 240 g/mol. The Morgan fingerprint density at radius 3 is 2.88 bits per heavy atom. The number of nitrogens with one attached hydrogen (secondary N) is 1. The molecule has 0 unspecified atom stereocenters. The maximum atomic E-state index is 7.48. The molecule has 0 bridgehead atoms. The number of amidine groups is 1. The summed E-state index contributed by atoms with van der Waals surface area (Å²) >= 11 is 1.24. The molecule has 2 rings (SSSR count). The van der Waals surface area contributed by atoms with E-state index in [2.05, 4.69) is 4.99 Å². The largest absolute Gasteiger partial charge is 0.454 e. The quantitative estimate of drug-likeness (QED) is 0.534. The Bertz CT molecular complexity index is 471. The molecule has 0 aromatic heterocycles. The Labute approximate surface area is 102 Å². The molecule has 0 atom stereocenters. The van der Waals surface area contributed by atoms with Gasteiger partial charge in [0.25, 0.3) is 0 Å². The van der Waals surface area contributed by atoms with Gasteiger partial charge in [0, 0.05) is 5.75 Å². The number of nitrogens with zero attached hydrogens (tertiary/aromatic N) is 1. The molecule has 1 aliphatic heterocycles. The maximum absolute atomic E-state index is 7.48. The molecule has 1 heterocycles. The summed E-state index contributed by atoms with van der Waals surface area (Å²) in [5, 5.41) is 7.57. The Kier molecular flexibility index (Phi) is 3.38. The van der Waals surface area contributed by atoms with E-state index in [1.165, 1.54) is 11.8 Å². The second-order valence-corrected chi connectivity index (χ2v) is 4.28. The fourth-order valence-corrected chi connectivity index (χ4v) is 1.98. The van der Waals surface area contributed by atoms with Crippen molar-refractivity contribution in [2.45, 2.75) is 5.75 Å². The van der Waals surface area contributed by atoms with E-state index in [1.54, 1.807) is 0 Å². The summed E-state index contributed by atoms with van der Waals surface area (Å²) in [5.41, 5.74) is 11.4. The highest BCUT2D eigenvalue weighted by Crippen LogP contribution is 2.33. The number of hydrogen-bond donors (Lipinski definition) is 3. The molecule has 0 fully saturated rings. The van der Waals surface area contributed by atoms with Gasteiger partial charge in [-0.05, 0) is 17.7 Å². The van der Waals surface area contributed by atoms with Crippen molar-refractivity contribution in [2.24, 2.45) is 16.5 Å². The number of rotatable bonds is 2. The minimum Gasteiger partial charge on any atom is -0.454 e. The summed E-state index contributed by atoms with van der Waals surface area (Å²) in [6.45, 7) is 0.260. The number of aliphatic imine (C=N–C) groups is 1. The minimum atomic E-state index is -0.104. The van der Waals surface area contributed by atoms with E-state index in [4.69, 9.17) is 26.4 Å². The molecule has 6 nitrogen and oxygen atoms in total. The fraction of sp³-hybridized carbons (Fsp3) is 0.200. The number of guanidine groups is 1. The standard InChI is InChI=1S/C10H12N4O2S/c11-9(12)14-10(13)17-4-6-1-2-7-8(3-6)16-5-15-7/h1-3H,4-5H2,(H5,11,12,13,14). The van der Waals surface area contributed by atoms with E-state index in [0.717, 1.165) is 17.1 Å². The second-order valence-electron chi connectivity index (χ2n) is 3.32. The summed E-state index contributed by atoms with van der Waals surface area (Å²) in [6, 6.07) is 5.66. The lowest BCUT2D eigenvalue weighted by molar-refractivity contribution is 0.174. The van der Waals surface area contributed by atoms with Gasteiger partial charge in [-0.2, -0.15) is 4.99 Å². The Hall–Kier alpha value is -1.89. The number of benzene rings is 1. The van der Waals surface area contributed by atoms with E-state index in [9.17, 15) is 0 Å². The van der Waals surface area contributed by atoms with Gasteiger partial charge in [0.05, 0.1) is 0 Å². The van der Waals surface area contributed by atoms with Crippen LogP contribution in [0.2, 0.25) is 0 Å². The lowest BCUT2D eigenvalue weighted by atomic mass is 10.2. The first-order valence-electron chi connectivity index (χ1n) is 4.84. The first-order valence-corrected chi connectivity index (χ1v) is 5.83. The molecule has 0 saturated heterocycles. The molecule has 0 amide bonds. The molecule has 0 aliphatic carbocycles. The lowest BCUT2D eigenvalue weighted by Crippen LogP contribution is -2.23. The van der Waals surface area contributed by atoms with Crippen LogP contribution in [0.15, 0.2) is 23.2 Å². The number of nitrogens with two attached hydrogens (primary N) is 2. The smallest absolute Gasteiger partial charge is 0.231 e. The third-order valence-corrected chi connectivity index (χ3v) is 2.89. The van der Waals surface area contributed by atoms with Crippen molar-refractivity contribution in [1.29, 1.82) is 5.41 Å². The molecule has 1 aliphatic rings. The van der Waals surface area contributed by atoms with Crippen LogP contribution in [0.1, 0.15) is 5.56 Å². The van der Waals surface area contributed by atoms with Gasteiger partial charge in [0.1, 0.15) is 0 Å². The highest BCUT2D eigenvalue weighted by molar-refractivity contribution is 8.13. The van der Waals surface area contributed by atoms with E-state index in [0.29, 0.717) is 5.75 Å². The first kappa shape index (κ1) is 11.6. The van der Waals surface area contributed by atoms with E-state index < -0.39 is 0 Å². The molecule has 0 radical (unpaired) electrons. The molecule has 0 saturated carbocycles. The van der Waals surface area contributed by atoms with Crippen LogP contribution < -0.4 is 20.9 Å². The normalized spacial score (nSPS) is 12.2. The van der Waals surface area contributed by atoms with Crippen LogP contribution in [0.5, 0.6) is 11.5 Å². The summed E-state index contributed by atoms with van der Waals surface area (Å²) < 4.78 is 10.5. The molecule has 1 aromatic rings. The van der Waals surface area contributed by atoms with Gasteiger partial charge in [-0.25, -0.2) is 0 Å². The Balaban J connectivity index is 1.96. The molecule has 17 heavy (non-hydrogen) atoms. The number of thioether (sulfide) groups is 1. The van der Waals surface area contributed by atoms with Crippen molar-refractivity contribution >= 4 is 22.9 Å². The zero-order chi connectivity index (χ0) is 12.3. The molecule has 7 heteroatoms. The summed E-state index contributed by atoms with van der Waals surface area (Å²) in [6.07, 6.45) is 0. The molecule has 5 N–H and O–H groups in total. The van der Waals surface area contributed by atoms with Crippen LogP contribution in [-0.4, -0.2) is 17.9 Å². The summed E-state index contributed by atoms with van der Waals surface area (Å²) in [5.74, 6) is 1.98. The molecular formula is C10H12N4O2S. The fourth-order valence-electron chi connectivity index (χ4n) is 1.33. The topological polar surface area (TPSA) is 107 Å². The first-order chi connectivity index (χ1) is 8.15. The van der Waals surface area contributed by atoms with E-state index in [-0.39, 0.29) is 17.9 Å². The second kappa shape index (κ2) is 4.96. The predicted octanol–water partition coefficient (Wildman–Crippen LogP) is 0.857. The molecule has 90 valence electrons. The van der Waals surface area contributed by atoms with Crippen molar-refractivity contribution in [2.75, 3.05) is 6.79 Å². The lowest BCUT2D eigenvalue weighted by Gasteiger charge is -2.02. The van der Waals surface area contributed by atoms with Gasteiger partial charge in [-0.15, -0.1) is 0 Å². The van der Waals surface area contributed by atoms with Crippen LogP contribution >= 0.6 is 11.8 Å². The van der Waals surface area contributed by atoms with Crippen LogP contribution in [0.25, 0.3) is 0 Å². The van der Waals surface area contributed by atoms with Gasteiger partial charge in [-0.1, -0.05) is 17.8 Å². The van der Waals surface area contributed by atoms with Gasteiger partial charge >= 0.3 is 0 Å². The van der Waals surface area contributed by atoms with Crippen LogP contribution in [-0.2, 0) is 5.75 Å². The predicted molar refractivity (Wildman–Crippen MR) is 67.4 cm³/mol. The van der Waals surface area contributed by atoms with Gasteiger partial charge in [-0.3, -0.25) is 5.41 Å². The monoisotopic (exact) mass is 252 g/mol. The van der Waals surface area contributed by atoms with Gasteiger partial charge in [0.15, 0.2) is 22.6 Å². The number of fused-ring (bicyclic) bond motifs is 1. The summed E-state index contributed by atoms with van der Waals surface area (Å²) in [7, 11) is 0. The average Bonchev–Trinajstić information content (AvgIpc) is 2.72. The van der Waals surface area contributed by atoms with Gasteiger partial charge < -0.3 is 20.9 Å². The highest BCUT2D eigenvalue weighted by atomic mass is 32.2. The third-order valence-electron chi connectivity index (χ3n) is 2.04. The number of hydrogen-bond acceptors (Lipinski definition) is 4. The third kappa shape index (κ3) is 3.04. The van der Waals surface area contributed by atoms with Crippen molar-refractivity contribution in [3.63, 3.8) is 0 Å². The summed E-state index contributed by atoms with van der Waals surface area (Å²) in [4.78, 5) is 3.63. The van der Waals surface area contributed by atoms with E-state index >= 15 is 0 Å². The van der Waals surface area contributed by atoms with Crippen molar-refractivity contribution < 1.29 is 9.47 Å². The number of ether oxygens (including phenoxy) is 2. The van der Waals surface area contributed by atoms with Crippen molar-refractivity contribution in [1.82, 2.24) is 0 Å². The molecule has 0 spiro atoms. The van der Waals surface area contributed by atoms with Crippen LogP contribution in [0.4, 0.5) is 0 Å². The van der Waals surface area contributed by atoms with Crippen LogP contribution in [0, 0.1) is 5.41 Å². The van der Waals surface area contributed by atoms with Crippen molar-refractivity contribution in [3.05, 3.63) is 23.8 Å². The van der Waals surface area contributed by atoms with Crippen LogP contribution in [0.3, 0.4) is 0 Å². The SMILES string of the molecule is N=C(N=C(N)N)SCc1ccc2c(c1)OCO2. The average molecular weight is 252 g/mol. The zero-order valence-electron chi connectivity index (χ0n) is 8.97. The maximum Gasteiger partial charge on any atom is 0.231 e. The zero-order valence-corrected chi connectivity index (χ0v) is 9.79. The van der Waals surface area contributed by atoms with E-state index in [1.807, 2.05) is 18.2 Å². The Morgan fingerprint density at radius 1 is 1.35 bits per heavy atom. The molecule has 1 aromatic carbocycles. The highest BCUT2D eigenvalue weighted by Gasteiger charge is 2.13. The minimum absolute atomic E-state index is 0.0858. The Morgan fingerprint density at radius 2 is 2.12 bits per heavy atom.